The summed E-state index contributed by atoms with van der Waals surface area (Å²) in [6, 6.07) is 8.65. The highest BCUT2D eigenvalue weighted by atomic mass is 16.4. The zero-order chi connectivity index (χ0) is 15.2. The fraction of sp³-hybridized carbons (Fsp3) is 0.267. The minimum Gasteiger partial charge on any atom is -0.478 e. The number of nitrogens with two attached hydrogens (primary N) is 1. The number of nitrogens with one attached hydrogen (secondary N) is 1. The van der Waals surface area contributed by atoms with E-state index in [1.165, 1.54) is 6.07 Å². The van der Waals surface area contributed by atoms with Gasteiger partial charge >= 0.3 is 5.97 Å². The Balaban J connectivity index is 2.10. The van der Waals surface area contributed by atoms with Gasteiger partial charge in [0.05, 0.1) is 11.1 Å². The number of fused-ring (bicyclic) bond motifs is 1. The Labute approximate surface area is 122 Å². The summed E-state index contributed by atoms with van der Waals surface area (Å²) < 4.78 is 0. The van der Waals surface area contributed by atoms with E-state index in [1.807, 2.05) is 6.07 Å². The molecule has 0 radical (unpaired) electrons. The van der Waals surface area contributed by atoms with Crippen molar-refractivity contribution in [2.45, 2.75) is 19.3 Å². The highest BCUT2D eigenvalue weighted by Crippen LogP contribution is 2.20. The van der Waals surface area contributed by atoms with Crippen LogP contribution in [0.1, 0.15) is 29.6 Å². The van der Waals surface area contributed by atoms with Crippen LogP contribution in [0.15, 0.2) is 30.3 Å². The number of carbonyl (C=O) groups is 2. The van der Waals surface area contributed by atoms with E-state index < -0.39 is 5.97 Å². The normalized spacial score (nSPS) is 10.5. The summed E-state index contributed by atoms with van der Waals surface area (Å²) in [7, 11) is 0. The van der Waals surface area contributed by atoms with E-state index in [9.17, 15) is 14.7 Å². The van der Waals surface area contributed by atoms with Gasteiger partial charge < -0.3 is 16.2 Å². The van der Waals surface area contributed by atoms with Crippen molar-refractivity contribution in [1.29, 1.82) is 0 Å². The third-order valence-corrected chi connectivity index (χ3v) is 3.10. The topological polar surface area (TPSA) is 105 Å². The van der Waals surface area contributed by atoms with Crippen LogP contribution in [0.4, 0.5) is 5.82 Å². The number of primary amides is 1. The molecule has 0 spiro atoms. The highest BCUT2D eigenvalue weighted by Gasteiger charge is 2.11. The lowest BCUT2D eigenvalue weighted by atomic mass is 10.1. The Hall–Kier alpha value is -2.63. The Bertz CT molecular complexity index is 670. The van der Waals surface area contributed by atoms with E-state index in [0.717, 1.165) is 6.42 Å². The number of anilines is 1. The van der Waals surface area contributed by atoms with E-state index >= 15 is 0 Å². The second-order valence-corrected chi connectivity index (χ2v) is 4.73. The number of aromatic carboxylic acids is 1. The molecule has 1 heterocycles. The number of hydrogen-bond donors (Lipinski definition) is 3. The van der Waals surface area contributed by atoms with Crippen LogP contribution in [-0.2, 0) is 4.79 Å². The van der Waals surface area contributed by atoms with E-state index in [2.05, 4.69) is 10.3 Å². The molecule has 2 rings (SSSR count). The molecule has 0 bridgehead atoms. The van der Waals surface area contributed by atoms with Crippen molar-refractivity contribution in [3.05, 3.63) is 35.9 Å². The molecule has 0 unspecified atom stereocenters. The van der Waals surface area contributed by atoms with Crippen LogP contribution in [0.25, 0.3) is 10.9 Å². The molecule has 0 fully saturated rings. The number of benzene rings is 1. The Morgan fingerprint density at radius 3 is 2.71 bits per heavy atom. The van der Waals surface area contributed by atoms with Gasteiger partial charge in [-0.2, -0.15) is 0 Å². The van der Waals surface area contributed by atoms with Gasteiger partial charge in [0.15, 0.2) is 0 Å². The second kappa shape index (κ2) is 6.69. The number of hydrogen-bond acceptors (Lipinski definition) is 4. The fourth-order valence-electron chi connectivity index (χ4n) is 2.08. The molecule has 0 saturated heterocycles. The number of pyridine rings is 1. The summed E-state index contributed by atoms with van der Waals surface area (Å²) in [4.78, 5) is 26.3. The van der Waals surface area contributed by atoms with Gasteiger partial charge in [0, 0.05) is 18.4 Å². The summed E-state index contributed by atoms with van der Waals surface area (Å²) in [6.07, 6.45) is 1.81. The number of unbranched alkanes of at least 4 members (excludes halogenated alkanes) is 1. The van der Waals surface area contributed by atoms with Crippen LogP contribution in [0.2, 0.25) is 0 Å². The van der Waals surface area contributed by atoms with Gasteiger partial charge in [-0.25, -0.2) is 9.78 Å². The van der Waals surface area contributed by atoms with E-state index in [1.54, 1.807) is 18.2 Å². The molecule has 1 amide bonds. The van der Waals surface area contributed by atoms with Crippen LogP contribution < -0.4 is 11.1 Å². The quantitative estimate of drug-likeness (QED) is 0.675. The first-order valence-corrected chi connectivity index (χ1v) is 6.73. The fourth-order valence-corrected chi connectivity index (χ4v) is 2.08. The van der Waals surface area contributed by atoms with Gasteiger partial charge in [-0.15, -0.1) is 0 Å². The third kappa shape index (κ3) is 3.92. The minimum atomic E-state index is -0.981. The first kappa shape index (κ1) is 14.8. The molecule has 0 atom stereocenters. The number of rotatable bonds is 7. The van der Waals surface area contributed by atoms with Gasteiger partial charge in [0.2, 0.25) is 5.91 Å². The summed E-state index contributed by atoms with van der Waals surface area (Å²) in [5, 5.41) is 13.0. The van der Waals surface area contributed by atoms with E-state index in [4.69, 9.17) is 5.73 Å². The molecular weight excluding hydrogens is 270 g/mol. The van der Waals surface area contributed by atoms with Crippen LogP contribution in [0.5, 0.6) is 0 Å². The maximum Gasteiger partial charge on any atom is 0.336 e. The van der Waals surface area contributed by atoms with Crippen molar-refractivity contribution in [3.63, 3.8) is 0 Å². The second-order valence-electron chi connectivity index (χ2n) is 4.73. The van der Waals surface area contributed by atoms with Gasteiger partial charge in [0.1, 0.15) is 5.82 Å². The average Bonchev–Trinajstić information content (AvgIpc) is 2.45. The number of carbonyl (C=O) groups excluding carboxylic acids is 1. The Morgan fingerprint density at radius 1 is 1.24 bits per heavy atom. The maximum atomic E-state index is 11.3. The van der Waals surface area contributed by atoms with Gasteiger partial charge in [-0.05, 0) is 25.0 Å². The molecule has 21 heavy (non-hydrogen) atoms. The lowest BCUT2D eigenvalue weighted by molar-refractivity contribution is -0.118. The van der Waals surface area contributed by atoms with Gasteiger partial charge in [0.25, 0.3) is 0 Å². The molecule has 0 aliphatic rings. The predicted octanol–water partition coefficient (Wildman–Crippen LogP) is 2.00. The highest BCUT2D eigenvalue weighted by molar-refractivity contribution is 6.03. The molecule has 1 aromatic heterocycles. The zero-order valence-electron chi connectivity index (χ0n) is 11.5. The first-order chi connectivity index (χ1) is 10.1. The molecule has 4 N–H and O–H groups in total. The zero-order valence-corrected chi connectivity index (χ0v) is 11.5. The van der Waals surface area contributed by atoms with E-state index in [-0.39, 0.29) is 11.5 Å². The van der Waals surface area contributed by atoms with Crippen LogP contribution in [0.3, 0.4) is 0 Å². The standard InChI is InChI=1S/C15H17N3O3/c16-13(19)7-3-4-8-17-14-9-11(15(20)21)10-5-1-2-6-12(10)18-14/h1-2,5-6,9H,3-4,7-8H2,(H2,16,19)(H,17,18)(H,20,21). The van der Waals surface area contributed by atoms with Gasteiger partial charge in [-0.1, -0.05) is 18.2 Å². The Kier molecular flexibility index (Phi) is 4.71. The number of carboxylic acids is 1. The number of aromatic nitrogens is 1. The van der Waals surface area contributed by atoms with Crippen LogP contribution >= 0.6 is 0 Å². The monoisotopic (exact) mass is 287 g/mol. The third-order valence-electron chi connectivity index (χ3n) is 3.10. The number of carboxylic acid groups (broad SMARTS) is 1. The van der Waals surface area contributed by atoms with Crippen molar-refractivity contribution in [2.24, 2.45) is 5.73 Å². The lowest BCUT2D eigenvalue weighted by Crippen LogP contribution is -2.11. The molecule has 2 aromatic rings. The molecule has 0 aliphatic heterocycles. The van der Waals surface area contributed by atoms with Crippen molar-refractivity contribution in [1.82, 2.24) is 4.98 Å². The van der Waals surface area contributed by atoms with Gasteiger partial charge in [-0.3, -0.25) is 4.79 Å². The summed E-state index contributed by atoms with van der Waals surface area (Å²) in [6.45, 7) is 0.609. The van der Waals surface area contributed by atoms with Crippen LogP contribution in [0, 0.1) is 0 Å². The van der Waals surface area contributed by atoms with Crippen molar-refractivity contribution < 1.29 is 14.7 Å². The molecule has 1 aromatic carbocycles. The smallest absolute Gasteiger partial charge is 0.336 e. The summed E-state index contributed by atoms with van der Waals surface area (Å²) in [5.74, 6) is -0.775. The summed E-state index contributed by atoms with van der Waals surface area (Å²) >= 11 is 0. The minimum absolute atomic E-state index is 0.222. The molecule has 6 nitrogen and oxygen atoms in total. The lowest BCUT2D eigenvalue weighted by Gasteiger charge is -2.09. The predicted molar refractivity (Wildman–Crippen MR) is 80.2 cm³/mol. The average molecular weight is 287 g/mol. The van der Waals surface area contributed by atoms with E-state index in [0.29, 0.717) is 36.1 Å². The van der Waals surface area contributed by atoms with Crippen molar-refractivity contribution in [3.8, 4) is 0 Å². The molecule has 0 saturated carbocycles. The molecule has 6 heteroatoms. The van der Waals surface area contributed by atoms with Crippen LogP contribution in [-0.4, -0.2) is 28.5 Å². The summed E-state index contributed by atoms with van der Waals surface area (Å²) in [5.41, 5.74) is 5.92. The Morgan fingerprint density at radius 2 is 2.00 bits per heavy atom. The number of para-hydroxylation sites is 1. The SMILES string of the molecule is NC(=O)CCCCNc1cc(C(=O)O)c2ccccc2n1. The molecule has 0 aliphatic carbocycles. The number of nitrogens with zero attached hydrogens (tertiary/aromatic N) is 1. The molecule has 110 valence electrons. The largest absolute Gasteiger partial charge is 0.478 e. The molecular formula is C15H17N3O3. The number of amides is 1. The first-order valence-electron chi connectivity index (χ1n) is 6.73. The van der Waals surface area contributed by atoms with Crippen molar-refractivity contribution in [2.75, 3.05) is 11.9 Å². The maximum absolute atomic E-state index is 11.3. The van der Waals surface area contributed by atoms with Crippen molar-refractivity contribution >= 4 is 28.6 Å².